The maximum absolute atomic E-state index is 13.6. The summed E-state index contributed by atoms with van der Waals surface area (Å²) in [6.07, 6.45) is 1.49. The molecule has 1 aromatic rings. The first kappa shape index (κ1) is 14.1. The molecule has 5 heteroatoms. The van der Waals surface area contributed by atoms with Crippen molar-refractivity contribution in [3.63, 3.8) is 0 Å². The fraction of sp³-hybridized carbons (Fsp3) is 0.538. The molecule has 2 nitrogen and oxygen atoms in total. The Kier molecular flexibility index (Phi) is 5.25. The predicted octanol–water partition coefficient (Wildman–Crippen LogP) is 3.40. The van der Waals surface area contributed by atoms with Crippen molar-refractivity contribution < 1.29 is 9.13 Å². The highest BCUT2D eigenvalue weighted by Crippen LogP contribution is 2.28. The maximum Gasteiger partial charge on any atom is 0.127 e. The largest absolute Gasteiger partial charge is 0.379 e. The van der Waals surface area contributed by atoms with E-state index in [2.05, 4.69) is 4.90 Å². The van der Waals surface area contributed by atoms with Crippen LogP contribution in [-0.4, -0.2) is 37.7 Å². The topological polar surface area (TPSA) is 12.5 Å². The Morgan fingerprint density at radius 3 is 2.67 bits per heavy atom. The number of hydrogen-bond acceptors (Lipinski definition) is 2. The Labute approximate surface area is 117 Å². The van der Waals surface area contributed by atoms with Gasteiger partial charge in [-0.2, -0.15) is 0 Å². The van der Waals surface area contributed by atoms with Gasteiger partial charge in [-0.1, -0.05) is 23.2 Å². The van der Waals surface area contributed by atoms with Crippen LogP contribution in [0, 0.1) is 5.82 Å². The molecule has 0 unspecified atom stereocenters. The Morgan fingerprint density at radius 2 is 1.94 bits per heavy atom. The average molecular weight is 292 g/mol. The third kappa shape index (κ3) is 3.58. The molecule has 1 aliphatic rings. The zero-order valence-electron chi connectivity index (χ0n) is 10.1. The molecule has 0 saturated carbocycles. The van der Waals surface area contributed by atoms with Gasteiger partial charge in [-0.25, -0.2) is 4.39 Å². The summed E-state index contributed by atoms with van der Waals surface area (Å²) >= 11 is 11.9. The van der Waals surface area contributed by atoms with Gasteiger partial charge in [0.2, 0.25) is 0 Å². The molecule has 1 aliphatic heterocycles. The number of benzene rings is 1. The SMILES string of the molecule is Fc1ccc(Cl)c(Cl)c1CCCN1CCOCC1. The molecule has 0 aliphatic carbocycles. The molecule has 0 N–H and O–H groups in total. The minimum Gasteiger partial charge on any atom is -0.379 e. The van der Waals surface area contributed by atoms with E-state index in [0.29, 0.717) is 22.0 Å². The summed E-state index contributed by atoms with van der Waals surface area (Å²) in [5, 5.41) is 0.762. The molecule has 0 radical (unpaired) electrons. The van der Waals surface area contributed by atoms with E-state index in [9.17, 15) is 4.39 Å². The van der Waals surface area contributed by atoms with Crippen LogP contribution in [0.15, 0.2) is 12.1 Å². The van der Waals surface area contributed by atoms with E-state index in [1.807, 2.05) is 0 Å². The first-order valence-corrected chi connectivity index (χ1v) is 6.86. The molecule has 0 atom stereocenters. The van der Waals surface area contributed by atoms with Crippen LogP contribution in [0.5, 0.6) is 0 Å². The van der Waals surface area contributed by atoms with Gasteiger partial charge in [0.05, 0.1) is 23.3 Å². The second-order valence-electron chi connectivity index (χ2n) is 4.38. The molecule has 18 heavy (non-hydrogen) atoms. The van der Waals surface area contributed by atoms with Crippen LogP contribution < -0.4 is 0 Å². The Morgan fingerprint density at radius 1 is 1.22 bits per heavy atom. The zero-order valence-corrected chi connectivity index (χ0v) is 11.6. The molecule has 1 fully saturated rings. The van der Waals surface area contributed by atoms with Crippen LogP contribution in [0.1, 0.15) is 12.0 Å². The zero-order chi connectivity index (χ0) is 13.0. The second-order valence-corrected chi connectivity index (χ2v) is 5.16. The van der Waals surface area contributed by atoms with Crippen molar-refractivity contribution in [3.05, 3.63) is 33.6 Å². The first-order chi connectivity index (χ1) is 8.68. The Hall–Kier alpha value is -0.350. The van der Waals surface area contributed by atoms with Crippen molar-refractivity contribution in [3.8, 4) is 0 Å². The van der Waals surface area contributed by atoms with Crippen LogP contribution in [0.4, 0.5) is 4.39 Å². The van der Waals surface area contributed by atoms with Crippen LogP contribution in [0.3, 0.4) is 0 Å². The van der Waals surface area contributed by atoms with Crippen molar-refractivity contribution in [2.45, 2.75) is 12.8 Å². The second kappa shape index (κ2) is 6.71. The fourth-order valence-corrected chi connectivity index (χ4v) is 2.53. The summed E-state index contributed by atoms with van der Waals surface area (Å²) in [5.74, 6) is -0.272. The summed E-state index contributed by atoms with van der Waals surface area (Å²) in [6.45, 7) is 4.40. The summed E-state index contributed by atoms with van der Waals surface area (Å²) in [7, 11) is 0. The summed E-state index contributed by atoms with van der Waals surface area (Å²) in [5.41, 5.74) is 0.525. The molecular formula is C13H16Cl2FNO. The molecular weight excluding hydrogens is 276 g/mol. The van der Waals surface area contributed by atoms with Gasteiger partial charge < -0.3 is 4.74 Å². The third-order valence-electron chi connectivity index (χ3n) is 3.14. The molecule has 0 aromatic heterocycles. The van der Waals surface area contributed by atoms with Crippen molar-refractivity contribution in [1.29, 1.82) is 0 Å². The van der Waals surface area contributed by atoms with Gasteiger partial charge in [-0.15, -0.1) is 0 Å². The lowest BCUT2D eigenvalue weighted by molar-refractivity contribution is 0.0374. The minimum absolute atomic E-state index is 0.272. The maximum atomic E-state index is 13.6. The van der Waals surface area contributed by atoms with E-state index in [1.54, 1.807) is 0 Å². The summed E-state index contributed by atoms with van der Waals surface area (Å²) < 4.78 is 18.9. The molecule has 100 valence electrons. The van der Waals surface area contributed by atoms with E-state index in [4.69, 9.17) is 27.9 Å². The highest BCUT2D eigenvalue weighted by Gasteiger charge is 2.13. The first-order valence-electron chi connectivity index (χ1n) is 6.11. The van der Waals surface area contributed by atoms with Crippen LogP contribution >= 0.6 is 23.2 Å². The lowest BCUT2D eigenvalue weighted by Gasteiger charge is -2.26. The smallest absolute Gasteiger partial charge is 0.127 e. The monoisotopic (exact) mass is 291 g/mol. The summed E-state index contributed by atoms with van der Waals surface area (Å²) in [4.78, 5) is 2.32. The minimum atomic E-state index is -0.272. The van der Waals surface area contributed by atoms with Gasteiger partial charge in [0.25, 0.3) is 0 Å². The highest BCUT2D eigenvalue weighted by molar-refractivity contribution is 6.42. The summed E-state index contributed by atoms with van der Waals surface area (Å²) in [6, 6.07) is 2.86. The number of ether oxygens (including phenoxy) is 1. The van der Waals surface area contributed by atoms with Crippen LogP contribution in [0.2, 0.25) is 10.0 Å². The number of halogens is 3. The standard InChI is InChI=1S/C13H16Cl2FNO/c14-11-3-4-12(16)10(13(11)15)2-1-5-17-6-8-18-9-7-17/h3-4H,1-2,5-9H2. The molecule has 1 heterocycles. The number of morpholine rings is 1. The molecule has 0 spiro atoms. The van der Waals surface area contributed by atoms with Crippen molar-refractivity contribution >= 4 is 23.2 Å². The average Bonchev–Trinajstić information content (AvgIpc) is 2.39. The molecule has 0 bridgehead atoms. The van der Waals surface area contributed by atoms with Gasteiger partial charge in [-0.3, -0.25) is 4.90 Å². The number of hydrogen-bond donors (Lipinski definition) is 0. The van der Waals surface area contributed by atoms with Gasteiger partial charge in [0, 0.05) is 18.7 Å². The van der Waals surface area contributed by atoms with E-state index in [1.165, 1.54) is 12.1 Å². The lowest BCUT2D eigenvalue weighted by atomic mass is 10.1. The van der Waals surface area contributed by atoms with E-state index in [-0.39, 0.29) is 5.82 Å². The normalized spacial score (nSPS) is 17.1. The molecule has 2 rings (SSSR count). The van der Waals surface area contributed by atoms with Crippen LogP contribution in [-0.2, 0) is 11.2 Å². The van der Waals surface area contributed by atoms with Gasteiger partial charge in [-0.05, 0) is 31.5 Å². The van der Waals surface area contributed by atoms with Crippen molar-refractivity contribution in [2.75, 3.05) is 32.8 Å². The van der Waals surface area contributed by atoms with E-state index >= 15 is 0 Å². The fourth-order valence-electron chi connectivity index (χ4n) is 2.10. The lowest BCUT2D eigenvalue weighted by Crippen LogP contribution is -2.36. The molecule has 1 aromatic carbocycles. The molecule has 1 saturated heterocycles. The van der Waals surface area contributed by atoms with Gasteiger partial charge >= 0.3 is 0 Å². The predicted molar refractivity (Wildman–Crippen MR) is 72.0 cm³/mol. The number of nitrogens with zero attached hydrogens (tertiary/aromatic N) is 1. The Bertz CT molecular complexity index is 408. The van der Waals surface area contributed by atoms with Crippen molar-refractivity contribution in [2.24, 2.45) is 0 Å². The number of rotatable bonds is 4. The highest BCUT2D eigenvalue weighted by atomic mass is 35.5. The van der Waals surface area contributed by atoms with E-state index < -0.39 is 0 Å². The van der Waals surface area contributed by atoms with E-state index in [0.717, 1.165) is 39.3 Å². The quantitative estimate of drug-likeness (QED) is 0.789. The Balaban J connectivity index is 1.88. The molecule has 0 amide bonds. The van der Waals surface area contributed by atoms with Crippen LogP contribution in [0.25, 0.3) is 0 Å². The van der Waals surface area contributed by atoms with Gasteiger partial charge in [0.15, 0.2) is 0 Å². The van der Waals surface area contributed by atoms with Gasteiger partial charge in [0.1, 0.15) is 5.82 Å². The third-order valence-corrected chi connectivity index (χ3v) is 3.99. The van der Waals surface area contributed by atoms with Crippen molar-refractivity contribution in [1.82, 2.24) is 4.90 Å².